The Morgan fingerprint density at radius 2 is 0.875 bits per heavy atom. The molecular formula is K3O4V. The molecule has 0 saturated carbocycles. The van der Waals surface area contributed by atoms with E-state index in [0.717, 1.165) is 0 Å². The van der Waals surface area contributed by atoms with Crippen LogP contribution in [0.5, 0.6) is 0 Å². The fourth-order valence-electron chi connectivity index (χ4n) is 0. The fourth-order valence-corrected chi connectivity index (χ4v) is 0. The van der Waals surface area contributed by atoms with E-state index >= 15 is 0 Å². The van der Waals surface area contributed by atoms with Crippen LogP contribution in [0, 0.1) is 0 Å². The fraction of sp³-hybridized carbons (Fsp3) is 0. The number of hydrogen-bond acceptors (Lipinski definition) is 4. The van der Waals surface area contributed by atoms with E-state index < -0.39 is 15.0 Å². The summed E-state index contributed by atoms with van der Waals surface area (Å²) >= 11 is -5.88. The van der Waals surface area contributed by atoms with Crippen molar-refractivity contribution in [3.63, 3.8) is 0 Å². The molecule has 8 heavy (non-hydrogen) atoms. The van der Waals surface area contributed by atoms with Gasteiger partial charge in [-0.05, 0) is 0 Å². The zero-order valence-corrected chi connectivity index (χ0v) is 15.8. The zero-order chi connectivity index (χ0) is 4.50. The molecule has 0 aliphatic rings. The first kappa shape index (κ1) is 23.2. The average molecular weight is 232 g/mol. The maximum atomic E-state index is 8.61. The monoisotopic (exact) mass is 232 g/mol. The molecule has 4 nitrogen and oxygen atoms in total. The van der Waals surface area contributed by atoms with Gasteiger partial charge in [0.25, 0.3) is 0 Å². The Hall–Kier alpha value is 5.17. The van der Waals surface area contributed by atoms with Crippen LogP contribution in [-0.2, 0) is 18.7 Å². The molecule has 0 aliphatic carbocycles. The van der Waals surface area contributed by atoms with Gasteiger partial charge in [0.1, 0.15) is 0 Å². The van der Waals surface area contributed by atoms with E-state index in [9.17, 15) is 0 Å². The Kier molecular flexibility index (Phi) is 35.3. The molecule has 8 heteroatoms. The molecule has 32 valence electrons. The molecule has 0 aliphatic heterocycles. The molecule has 0 unspecified atom stereocenters. The van der Waals surface area contributed by atoms with Crippen LogP contribution in [0.25, 0.3) is 0 Å². The van der Waals surface area contributed by atoms with Gasteiger partial charge in [-0.3, -0.25) is 0 Å². The molecule has 0 spiro atoms. The van der Waals surface area contributed by atoms with Crippen molar-refractivity contribution in [3.8, 4) is 0 Å². The first-order valence-electron chi connectivity index (χ1n) is 0.730. The van der Waals surface area contributed by atoms with Crippen LogP contribution in [0.1, 0.15) is 0 Å². The van der Waals surface area contributed by atoms with E-state index in [1.807, 2.05) is 0 Å². The van der Waals surface area contributed by atoms with E-state index in [-0.39, 0.29) is 154 Å². The van der Waals surface area contributed by atoms with Crippen LogP contribution in [0.2, 0.25) is 0 Å². The molecular weight excluding hydrogens is 232 g/mol. The summed E-state index contributed by atoms with van der Waals surface area (Å²) in [6, 6.07) is 0. The molecule has 0 N–H and O–H groups in total. The van der Waals surface area contributed by atoms with Gasteiger partial charge < -0.3 is 0 Å². The summed E-state index contributed by atoms with van der Waals surface area (Å²) in [5.74, 6) is 0. The van der Waals surface area contributed by atoms with E-state index in [1.165, 1.54) is 0 Å². The molecule has 0 atom stereocenters. The number of rotatable bonds is 0. The molecule has 0 aromatic rings. The zero-order valence-electron chi connectivity index (χ0n) is 5.08. The Morgan fingerprint density at radius 3 is 0.875 bits per heavy atom. The molecule has 0 aromatic carbocycles. The van der Waals surface area contributed by atoms with Crippen LogP contribution < -0.4 is 166 Å². The SMILES string of the molecule is [K+].[K+].[K+].[O]=[V]([O-])([O-])[O-]. The van der Waals surface area contributed by atoms with Gasteiger partial charge in [0.15, 0.2) is 0 Å². The molecule has 0 amide bonds. The maximum absolute atomic E-state index is 8.61. The molecule has 0 aromatic heterocycles. The van der Waals surface area contributed by atoms with Crippen molar-refractivity contribution < 1.29 is 185 Å². The van der Waals surface area contributed by atoms with Gasteiger partial charge in [0.2, 0.25) is 0 Å². The summed E-state index contributed by atoms with van der Waals surface area (Å²) in [4.78, 5) is 0. The van der Waals surface area contributed by atoms with E-state index in [4.69, 9.17) is 15.8 Å². The number of hydrogen-bond donors (Lipinski definition) is 0. The minimum absolute atomic E-state index is 0. The normalized spacial score (nSPS) is 7.38. The van der Waals surface area contributed by atoms with Crippen LogP contribution in [0.3, 0.4) is 0 Å². The summed E-state index contributed by atoms with van der Waals surface area (Å²) in [5, 5.41) is 0. The summed E-state index contributed by atoms with van der Waals surface area (Å²) in [6.45, 7) is 0. The summed E-state index contributed by atoms with van der Waals surface area (Å²) < 4.78 is 34.4. The van der Waals surface area contributed by atoms with Crippen molar-refractivity contribution in [2.24, 2.45) is 0 Å². The quantitative estimate of drug-likeness (QED) is 0.388. The summed E-state index contributed by atoms with van der Waals surface area (Å²) in [5.41, 5.74) is 0. The van der Waals surface area contributed by atoms with Gasteiger partial charge >= 0.3 is 185 Å². The summed E-state index contributed by atoms with van der Waals surface area (Å²) in [7, 11) is 0. The topological polar surface area (TPSA) is 86.2 Å². The van der Waals surface area contributed by atoms with Gasteiger partial charge in [-0.1, -0.05) is 0 Å². The van der Waals surface area contributed by atoms with Gasteiger partial charge in [-0.2, -0.15) is 0 Å². The first-order valence-corrected chi connectivity index (χ1v) is 3.01. The second kappa shape index (κ2) is 12.2. The predicted octanol–water partition coefficient (Wildman–Crippen LogP) is -12.7. The van der Waals surface area contributed by atoms with Gasteiger partial charge in [0, 0.05) is 0 Å². The minimum atomic E-state index is -5.88. The molecule has 0 heterocycles. The van der Waals surface area contributed by atoms with Crippen molar-refractivity contribution in [1.82, 2.24) is 0 Å². The van der Waals surface area contributed by atoms with Gasteiger partial charge in [-0.25, -0.2) is 0 Å². The Morgan fingerprint density at radius 1 is 0.875 bits per heavy atom. The average Bonchev–Trinajstić information content (AvgIpc) is 0.722. The third kappa shape index (κ3) is 43.2. The molecule has 0 radical (unpaired) electrons. The Labute approximate surface area is 178 Å². The standard InChI is InChI=1S/3K.4O.V/q3*+1;;3*-1;. The second-order valence-electron chi connectivity index (χ2n) is 0.447. The van der Waals surface area contributed by atoms with E-state index in [2.05, 4.69) is 0 Å². The molecule has 0 saturated heterocycles. The second-order valence-corrected chi connectivity index (χ2v) is 1.84. The third-order valence-electron chi connectivity index (χ3n) is 0. The van der Waals surface area contributed by atoms with Crippen LogP contribution >= 0.6 is 0 Å². The van der Waals surface area contributed by atoms with Gasteiger partial charge in [-0.15, -0.1) is 0 Å². The summed E-state index contributed by atoms with van der Waals surface area (Å²) in [6.07, 6.45) is 0. The van der Waals surface area contributed by atoms with Crippen LogP contribution in [0.15, 0.2) is 0 Å². The van der Waals surface area contributed by atoms with Crippen molar-refractivity contribution >= 4 is 0 Å². The van der Waals surface area contributed by atoms with Crippen molar-refractivity contribution in [2.75, 3.05) is 0 Å². The van der Waals surface area contributed by atoms with Gasteiger partial charge in [0.05, 0.1) is 0 Å². The predicted molar refractivity (Wildman–Crippen MR) is 0.686 cm³/mol. The van der Waals surface area contributed by atoms with Crippen molar-refractivity contribution in [2.45, 2.75) is 0 Å². The molecule has 0 rings (SSSR count). The van der Waals surface area contributed by atoms with Crippen LogP contribution in [-0.4, -0.2) is 0 Å². The Bertz CT molecular complexity index is 57.4. The molecule has 0 fully saturated rings. The van der Waals surface area contributed by atoms with Crippen molar-refractivity contribution in [3.05, 3.63) is 0 Å². The van der Waals surface area contributed by atoms with E-state index in [0.29, 0.717) is 0 Å². The Balaban J connectivity index is -0.0000000267. The van der Waals surface area contributed by atoms with Crippen LogP contribution in [0.4, 0.5) is 0 Å². The first-order chi connectivity index (χ1) is 2.00. The van der Waals surface area contributed by atoms with E-state index in [1.54, 1.807) is 0 Å². The molecule has 0 bridgehead atoms. The third-order valence-corrected chi connectivity index (χ3v) is 0. The van der Waals surface area contributed by atoms with Crippen molar-refractivity contribution in [1.29, 1.82) is 0 Å².